The third-order valence-electron chi connectivity index (χ3n) is 4.61. The number of hydrogen-bond donors (Lipinski definition) is 1. The van der Waals surface area contributed by atoms with E-state index in [1.54, 1.807) is 12.3 Å². The van der Waals surface area contributed by atoms with Crippen molar-refractivity contribution < 1.29 is 17.6 Å². The first-order chi connectivity index (χ1) is 11.1. The fourth-order valence-electron chi connectivity index (χ4n) is 3.25. The lowest BCUT2D eigenvalue weighted by Crippen LogP contribution is -2.49. The van der Waals surface area contributed by atoms with Crippen LogP contribution >= 0.6 is 0 Å². The molecule has 2 saturated heterocycles. The lowest BCUT2D eigenvalue weighted by Gasteiger charge is -2.33. The van der Waals surface area contributed by atoms with Gasteiger partial charge in [0.15, 0.2) is 0 Å². The first-order valence-electron chi connectivity index (χ1n) is 8.19. The van der Waals surface area contributed by atoms with E-state index in [4.69, 9.17) is 9.15 Å². The summed E-state index contributed by atoms with van der Waals surface area (Å²) in [6, 6.07) is 3.60. The summed E-state index contributed by atoms with van der Waals surface area (Å²) in [5, 5.41) is 0. The molecule has 0 amide bonds. The van der Waals surface area contributed by atoms with E-state index in [0.717, 1.165) is 25.9 Å². The van der Waals surface area contributed by atoms with E-state index in [2.05, 4.69) is 9.62 Å². The van der Waals surface area contributed by atoms with Crippen molar-refractivity contribution in [2.24, 2.45) is 0 Å². The van der Waals surface area contributed by atoms with Crippen molar-refractivity contribution in [2.45, 2.75) is 31.8 Å². The van der Waals surface area contributed by atoms with Crippen LogP contribution in [0.25, 0.3) is 0 Å². The van der Waals surface area contributed by atoms with E-state index >= 15 is 0 Å². The quantitative estimate of drug-likeness (QED) is 0.833. The Morgan fingerprint density at radius 3 is 2.83 bits per heavy atom. The predicted molar refractivity (Wildman–Crippen MR) is 86.2 cm³/mol. The summed E-state index contributed by atoms with van der Waals surface area (Å²) < 4.78 is 40.3. The molecule has 2 aliphatic heterocycles. The summed E-state index contributed by atoms with van der Waals surface area (Å²) >= 11 is 0. The second-order valence-electron chi connectivity index (χ2n) is 6.14. The minimum Gasteiger partial charge on any atom is -0.468 e. The number of hydrogen-bond acceptors (Lipinski definition) is 5. The number of nitrogens with zero attached hydrogens (tertiary/aromatic N) is 2. The lowest BCUT2D eigenvalue weighted by atomic mass is 10.2. The van der Waals surface area contributed by atoms with Crippen LogP contribution in [0.3, 0.4) is 0 Å². The molecule has 1 aromatic heterocycles. The molecule has 0 aliphatic carbocycles. The van der Waals surface area contributed by atoms with Gasteiger partial charge in [-0.1, -0.05) is 0 Å². The molecule has 2 atom stereocenters. The van der Waals surface area contributed by atoms with Crippen LogP contribution in [0, 0.1) is 0 Å². The van der Waals surface area contributed by atoms with Crippen molar-refractivity contribution in [3.8, 4) is 0 Å². The van der Waals surface area contributed by atoms with Crippen LogP contribution in [0.1, 0.15) is 31.6 Å². The van der Waals surface area contributed by atoms with Crippen LogP contribution in [0.15, 0.2) is 22.8 Å². The van der Waals surface area contributed by atoms with Crippen molar-refractivity contribution in [2.75, 3.05) is 39.4 Å². The fraction of sp³-hybridized carbons (Fsp3) is 0.733. The molecule has 0 spiro atoms. The van der Waals surface area contributed by atoms with Crippen LogP contribution in [0.4, 0.5) is 0 Å². The average Bonchev–Trinajstić information content (AvgIpc) is 3.24. The van der Waals surface area contributed by atoms with Gasteiger partial charge in [0.2, 0.25) is 0 Å². The van der Waals surface area contributed by atoms with Crippen molar-refractivity contribution in [3.63, 3.8) is 0 Å². The molecule has 0 radical (unpaired) electrons. The first-order valence-corrected chi connectivity index (χ1v) is 9.63. The molecule has 3 heterocycles. The molecule has 0 aromatic carbocycles. The molecule has 2 fully saturated rings. The normalized spacial score (nSPS) is 25.7. The SMILES string of the molecule is C[C@@H](CNS(=O)(=O)N1CCC[C@@H]1c1ccco1)N1CCOCC1. The van der Waals surface area contributed by atoms with Gasteiger partial charge >= 0.3 is 0 Å². The van der Waals surface area contributed by atoms with Gasteiger partial charge < -0.3 is 9.15 Å². The Morgan fingerprint density at radius 2 is 2.13 bits per heavy atom. The Labute approximate surface area is 137 Å². The molecule has 0 saturated carbocycles. The summed E-state index contributed by atoms with van der Waals surface area (Å²) in [6.45, 7) is 6.11. The van der Waals surface area contributed by atoms with Gasteiger partial charge in [-0.3, -0.25) is 4.90 Å². The summed E-state index contributed by atoms with van der Waals surface area (Å²) in [6.07, 6.45) is 3.24. The zero-order chi connectivity index (χ0) is 16.3. The molecular formula is C15H25N3O4S. The van der Waals surface area contributed by atoms with E-state index < -0.39 is 10.2 Å². The Balaban J connectivity index is 1.59. The minimum atomic E-state index is -3.50. The van der Waals surface area contributed by atoms with Crippen molar-refractivity contribution in [3.05, 3.63) is 24.2 Å². The highest BCUT2D eigenvalue weighted by molar-refractivity contribution is 7.87. The van der Waals surface area contributed by atoms with Gasteiger partial charge in [-0.05, 0) is 31.9 Å². The van der Waals surface area contributed by atoms with Gasteiger partial charge in [0, 0.05) is 32.2 Å². The van der Waals surface area contributed by atoms with Crippen LogP contribution in [0.2, 0.25) is 0 Å². The first kappa shape index (κ1) is 16.9. The fourth-order valence-corrected chi connectivity index (χ4v) is 4.78. The highest BCUT2D eigenvalue weighted by Gasteiger charge is 2.36. The maximum Gasteiger partial charge on any atom is 0.280 e. The smallest absolute Gasteiger partial charge is 0.280 e. The monoisotopic (exact) mass is 343 g/mol. The van der Waals surface area contributed by atoms with Crippen LogP contribution in [-0.2, 0) is 14.9 Å². The summed E-state index contributed by atoms with van der Waals surface area (Å²) in [7, 11) is -3.50. The number of furan rings is 1. The van der Waals surface area contributed by atoms with Gasteiger partial charge in [-0.15, -0.1) is 0 Å². The zero-order valence-electron chi connectivity index (χ0n) is 13.5. The topological polar surface area (TPSA) is 75.0 Å². The van der Waals surface area contributed by atoms with Crippen LogP contribution in [0.5, 0.6) is 0 Å². The predicted octanol–water partition coefficient (Wildman–Crippen LogP) is 0.972. The standard InChI is InChI=1S/C15H25N3O4S/c1-13(17-7-10-21-11-8-17)12-16-23(19,20)18-6-2-4-14(18)15-5-3-9-22-15/h3,5,9,13-14,16H,2,4,6-8,10-12H2,1H3/t13-,14+/m0/s1. The van der Waals surface area contributed by atoms with E-state index in [1.807, 2.05) is 13.0 Å². The van der Waals surface area contributed by atoms with E-state index in [9.17, 15) is 8.42 Å². The lowest BCUT2D eigenvalue weighted by molar-refractivity contribution is 0.0213. The molecular weight excluding hydrogens is 318 g/mol. The number of nitrogens with one attached hydrogen (secondary N) is 1. The molecule has 2 aliphatic rings. The zero-order valence-corrected chi connectivity index (χ0v) is 14.3. The molecule has 8 heteroatoms. The van der Waals surface area contributed by atoms with Gasteiger partial charge in [0.1, 0.15) is 5.76 Å². The van der Waals surface area contributed by atoms with Crippen LogP contribution in [-0.4, -0.2) is 63.1 Å². The molecule has 7 nitrogen and oxygen atoms in total. The molecule has 130 valence electrons. The van der Waals surface area contributed by atoms with Crippen molar-refractivity contribution >= 4 is 10.2 Å². The molecule has 1 aromatic rings. The molecule has 0 bridgehead atoms. The second kappa shape index (κ2) is 7.31. The Kier molecular flexibility index (Phi) is 5.38. The maximum absolute atomic E-state index is 12.7. The largest absolute Gasteiger partial charge is 0.468 e. The molecule has 23 heavy (non-hydrogen) atoms. The van der Waals surface area contributed by atoms with E-state index in [1.165, 1.54) is 4.31 Å². The Morgan fingerprint density at radius 1 is 1.35 bits per heavy atom. The highest BCUT2D eigenvalue weighted by atomic mass is 32.2. The van der Waals surface area contributed by atoms with Crippen molar-refractivity contribution in [1.29, 1.82) is 0 Å². The van der Waals surface area contributed by atoms with Crippen molar-refractivity contribution in [1.82, 2.24) is 13.9 Å². The van der Waals surface area contributed by atoms with Crippen LogP contribution < -0.4 is 4.72 Å². The third kappa shape index (κ3) is 3.95. The summed E-state index contributed by atoms with van der Waals surface area (Å²) in [5.41, 5.74) is 0. The molecule has 0 unspecified atom stereocenters. The van der Waals surface area contributed by atoms with Gasteiger partial charge in [0.25, 0.3) is 10.2 Å². The second-order valence-corrected chi connectivity index (χ2v) is 7.84. The Bertz CT molecular complexity index is 584. The van der Waals surface area contributed by atoms with Gasteiger partial charge in [-0.25, -0.2) is 4.72 Å². The van der Waals surface area contributed by atoms with Gasteiger partial charge in [-0.2, -0.15) is 12.7 Å². The summed E-state index contributed by atoms with van der Waals surface area (Å²) in [4.78, 5) is 2.25. The number of morpholine rings is 1. The highest BCUT2D eigenvalue weighted by Crippen LogP contribution is 2.33. The third-order valence-corrected chi connectivity index (χ3v) is 6.20. The minimum absolute atomic E-state index is 0.151. The number of ether oxygens (including phenoxy) is 1. The van der Waals surface area contributed by atoms with Gasteiger partial charge in [0.05, 0.1) is 25.5 Å². The average molecular weight is 343 g/mol. The maximum atomic E-state index is 12.7. The van der Waals surface area contributed by atoms with E-state index in [-0.39, 0.29) is 12.1 Å². The Hall–Kier alpha value is -0.930. The van der Waals surface area contributed by atoms with E-state index in [0.29, 0.717) is 32.1 Å². The summed E-state index contributed by atoms with van der Waals surface area (Å²) in [5.74, 6) is 0.717. The molecule has 1 N–H and O–H groups in total. The number of rotatable bonds is 6. The molecule has 3 rings (SSSR count).